The fraction of sp³-hybridized carbons (Fsp3) is 0.727. The van der Waals surface area contributed by atoms with E-state index in [1.165, 1.54) is 0 Å². The van der Waals surface area contributed by atoms with Gasteiger partial charge in [-0.2, -0.15) is 0 Å². The lowest BCUT2D eigenvalue weighted by Crippen LogP contribution is -2.31. The highest BCUT2D eigenvalue weighted by Gasteiger charge is 2.19. The van der Waals surface area contributed by atoms with Gasteiger partial charge in [0.05, 0.1) is 6.26 Å². The Balaban J connectivity index is 2.61. The molecule has 2 unspecified atom stereocenters. The summed E-state index contributed by atoms with van der Waals surface area (Å²) in [6, 6.07) is -0.0385. The maximum Gasteiger partial charge on any atom is 0.208 e. The number of oxime groups is 1. The van der Waals surface area contributed by atoms with Crippen LogP contribution in [0.4, 0.5) is 5.82 Å². The molecule has 1 aromatic rings. The lowest BCUT2D eigenvalue weighted by molar-refractivity contribution is 0.304. The molecular formula is C11H22N6O4S. The maximum absolute atomic E-state index is 11.1. The molecule has 0 aliphatic heterocycles. The summed E-state index contributed by atoms with van der Waals surface area (Å²) in [6.45, 7) is 4.26. The molecule has 126 valence electrons. The highest BCUT2D eigenvalue weighted by molar-refractivity contribution is 7.88. The summed E-state index contributed by atoms with van der Waals surface area (Å²) in [7, 11) is -3.20. The maximum atomic E-state index is 11.1. The number of sulfonamides is 1. The van der Waals surface area contributed by atoms with Gasteiger partial charge in [-0.05, 0) is 29.6 Å². The molecule has 5 N–H and O–H groups in total. The van der Waals surface area contributed by atoms with Crippen molar-refractivity contribution in [3.63, 3.8) is 0 Å². The summed E-state index contributed by atoms with van der Waals surface area (Å²) >= 11 is 0. The zero-order chi connectivity index (χ0) is 16.8. The van der Waals surface area contributed by atoms with Crippen molar-refractivity contribution < 1.29 is 18.3 Å². The summed E-state index contributed by atoms with van der Waals surface area (Å²) in [6.07, 6.45) is 2.64. The number of hydrogen-bond donors (Lipinski definition) is 4. The van der Waals surface area contributed by atoms with Crippen LogP contribution in [-0.4, -0.2) is 48.6 Å². The van der Waals surface area contributed by atoms with Crippen LogP contribution in [0.1, 0.15) is 32.4 Å². The molecular weight excluding hydrogens is 312 g/mol. The zero-order valence-corrected chi connectivity index (χ0v) is 13.6. The van der Waals surface area contributed by atoms with Crippen LogP contribution in [0.2, 0.25) is 0 Å². The van der Waals surface area contributed by atoms with E-state index in [1.54, 1.807) is 0 Å². The third-order valence-electron chi connectivity index (χ3n) is 3.12. The summed E-state index contributed by atoms with van der Waals surface area (Å²) in [5, 5.41) is 21.8. The van der Waals surface area contributed by atoms with E-state index in [4.69, 9.17) is 10.9 Å². The molecule has 22 heavy (non-hydrogen) atoms. The molecule has 0 saturated heterocycles. The van der Waals surface area contributed by atoms with Crippen molar-refractivity contribution >= 4 is 21.7 Å². The molecule has 0 spiro atoms. The lowest BCUT2D eigenvalue weighted by Gasteiger charge is -2.20. The molecule has 11 heteroatoms. The highest BCUT2D eigenvalue weighted by Crippen LogP contribution is 2.16. The van der Waals surface area contributed by atoms with Crippen molar-refractivity contribution in [1.29, 1.82) is 0 Å². The predicted octanol–water partition coefficient (Wildman–Crippen LogP) is -0.0700. The first-order chi connectivity index (χ1) is 10.3. The van der Waals surface area contributed by atoms with Crippen LogP contribution in [0.3, 0.4) is 0 Å². The topological polar surface area (TPSA) is 156 Å². The van der Waals surface area contributed by atoms with Crippen molar-refractivity contribution in [3.05, 3.63) is 5.69 Å². The monoisotopic (exact) mass is 334 g/mol. The summed E-state index contributed by atoms with van der Waals surface area (Å²) < 4.78 is 29.3. The summed E-state index contributed by atoms with van der Waals surface area (Å²) in [5.74, 6) is 0.222. The van der Waals surface area contributed by atoms with Crippen LogP contribution in [-0.2, 0) is 10.0 Å². The first kappa shape index (κ1) is 18.2. The molecule has 0 aromatic carbocycles. The Bertz CT molecular complexity index is 599. The van der Waals surface area contributed by atoms with Crippen LogP contribution >= 0.6 is 0 Å². The molecule has 0 aliphatic carbocycles. The molecule has 0 saturated carbocycles. The Morgan fingerprint density at radius 3 is 2.73 bits per heavy atom. The Kier molecular flexibility index (Phi) is 6.56. The first-order valence-electron chi connectivity index (χ1n) is 6.78. The molecule has 2 atom stereocenters. The molecule has 0 bridgehead atoms. The minimum absolute atomic E-state index is 0.0385. The van der Waals surface area contributed by atoms with Crippen molar-refractivity contribution in [2.45, 2.75) is 32.7 Å². The third-order valence-corrected chi connectivity index (χ3v) is 3.81. The third kappa shape index (κ3) is 5.85. The Morgan fingerprint density at radius 1 is 1.50 bits per heavy atom. The van der Waals surface area contributed by atoms with Gasteiger partial charge in [-0.1, -0.05) is 18.5 Å². The van der Waals surface area contributed by atoms with E-state index in [9.17, 15) is 8.42 Å². The van der Waals surface area contributed by atoms with E-state index in [-0.39, 0.29) is 29.3 Å². The van der Waals surface area contributed by atoms with Crippen molar-refractivity contribution in [1.82, 2.24) is 15.0 Å². The second-order valence-corrected chi connectivity index (χ2v) is 6.96. The number of rotatable bonds is 9. The normalized spacial score (nSPS) is 15.5. The second-order valence-electron chi connectivity index (χ2n) is 5.12. The van der Waals surface area contributed by atoms with E-state index in [0.29, 0.717) is 13.0 Å². The van der Waals surface area contributed by atoms with E-state index in [0.717, 1.165) is 12.7 Å². The number of anilines is 1. The molecule has 0 fully saturated rings. The number of nitrogens with one attached hydrogen (secondary N) is 2. The average Bonchev–Trinajstić information content (AvgIpc) is 2.89. The van der Waals surface area contributed by atoms with Crippen molar-refractivity contribution in [3.8, 4) is 0 Å². The number of hydrogen-bond acceptors (Lipinski definition) is 8. The van der Waals surface area contributed by atoms with Crippen LogP contribution in [0.25, 0.3) is 0 Å². The standard InChI is InChI=1S/C11H22N6O4S/c1-4-8(6-13-22(3,19)20)5-7(2)14-11-9(10(12)15-18)16-21-17-11/h7-8,13,18H,4-6H2,1-3H3,(H2,12,15)(H,14,17). The van der Waals surface area contributed by atoms with Crippen LogP contribution in [0.15, 0.2) is 9.78 Å². The van der Waals surface area contributed by atoms with E-state index in [1.807, 2.05) is 13.8 Å². The SMILES string of the molecule is CCC(CNS(C)(=O)=O)CC(C)Nc1nonc1/C(N)=N/O. The predicted molar refractivity (Wildman–Crippen MR) is 81.1 cm³/mol. The molecule has 0 radical (unpaired) electrons. The largest absolute Gasteiger partial charge is 0.409 e. The van der Waals surface area contributed by atoms with Gasteiger partial charge in [0, 0.05) is 12.6 Å². The Morgan fingerprint density at radius 2 is 2.18 bits per heavy atom. The van der Waals surface area contributed by atoms with Gasteiger partial charge in [0.2, 0.25) is 15.8 Å². The average molecular weight is 334 g/mol. The van der Waals surface area contributed by atoms with Crippen LogP contribution < -0.4 is 15.8 Å². The Labute approximate surface area is 129 Å². The van der Waals surface area contributed by atoms with Gasteiger partial charge < -0.3 is 16.3 Å². The van der Waals surface area contributed by atoms with E-state index < -0.39 is 10.0 Å². The van der Waals surface area contributed by atoms with E-state index in [2.05, 4.69) is 30.1 Å². The van der Waals surface area contributed by atoms with Gasteiger partial charge >= 0.3 is 0 Å². The highest BCUT2D eigenvalue weighted by atomic mass is 32.2. The number of aromatic nitrogens is 2. The summed E-state index contributed by atoms with van der Waals surface area (Å²) in [4.78, 5) is 0. The van der Waals surface area contributed by atoms with Crippen molar-refractivity contribution in [2.75, 3.05) is 18.1 Å². The second kappa shape index (κ2) is 7.94. The van der Waals surface area contributed by atoms with Gasteiger partial charge in [0.25, 0.3) is 0 Å². The first-order valence-corrected chi connectivity index (χ1v) is 8.67. The molecule has 1 aromatic heterocycles. The smallest absolute Gasteiger partial charge is 0.208 e. The Hall–Kier alpha value is -1.88. The molecule has 1 heterocycles. The van der Waals surface area contributed by atoms with Crippen molar-refractivity contribution in [2.24, 2.45) is 16.8 Å². The van der Waals surface area contributed by atoms with Gasteiger partial charge in [0.1, 0.15) is 0 Å². The molecule has 0 aliphatic rings. The van der Waals surface area contributed by atoms with Crippen LogP contribution in [0, 0.1) is 5.92 Å². The molecule has 1 rings (SSSR count). The lowest BCUT2D eigenvalue weighted by atomic mass is 9.98. The molecule has 10 nitrogen and oxygen atoms in total. The number of nitrogens with zero attached hydrogens (tertiary/aromatic N) is 3. The fourth-order valence-corrected chi connectivity index (χ4v) is 2.49. The summed E-state index contributed by atoms with van der Waals surface area (Å²) in [5.41, 5.74) is 5.58. The van der Waals surface area contributed by atoms with Gasteiger partial charge in [0.15, 0.2) is 11.5 Å². The zero-order valence-electron chi connectivity index (χ0n) is 12.8. The number of nitrogens with two attached hydrogens (primary N) is 1. The fourth-order valence-electron chi connectivity index (χ4n) is 1.95. The number of amidine groups is 1. The molecule has 0 amide bonds. The quantitative estimate of drug-likeness (QED) is 0.212. The van der Waals surface area contributed by atoms with Gasteiger partial charge in [-0.25, -0.2) is 17.8 Å². The van der Waals surface area contributed by atoms with Gasteiger partial charge in [-0.3, -0.25) is 0 Å². The van der Waals surface area contributed by atoms with Gasteiger partial charge in [-0.15, -0.1) is 0 Å². The van der Waals surface area contributed by atoms with Crippen LogP contribution in [0.5, 0.6) is 0 Å². The van der Waals surface area contributed by atoms with E-state index >= 15 is 0 Å². The minimum atomic E-state index is -3.20. The minimum Gasteiger partial charge on any atom is -0.409 e.